The Hall–Kier alpha value is 1.41. The van der Waals surface area contributed by atoms with Gasteiger partial charge in [-0.25, -0.2) is 0 Å². The summed E-state index contributed by atoms with van der Waals surface area (Å²) in [7, 11) is 0. The van der Waals surface area contributed by atoms with Crippen LogP contribution in [0.1, 0.15) is 43.0 Å². The van der Waals surface area contributed by atoms with E-state index in [2.05, 4.69) is 53.2 Å². The van der Waals surface area contributed by atoms with Crippen molar-refractivity contribution < 1.29 is 31.0 Å². The van der Waals surface area contributed by atoms with E-state index < -0.39 is 14.8 Å². The zero-order chi connectivity index (χ0) is 12.6. The Morgan fingerprint density at radius 3 is 0.882 bits per heavy atom. The van der Waals surface area contributed by atoms with E-state index in [9.17, 15) is 0 Å². The van der Waals surface area contributed by atoms with Crippen LogP contribution in [0.2, 0.25) is 0 Å². The van der Waals surface area contributed by atoms with E-state index in [1.807, 2.05) is 0 Å². The second-order valence-electron chi connectivity index (χ2n) is 4.01. The van der Waals surface area contributed by atoms with Gasteiger partial charge in [-0.05, 0) is 39.3 Å². The van der Waals surface area contributed by atoms with Gasteiger partial charge in [0, 0.05) is 0 Å². The third-order valence-corrected chi connectivity index (χ3v) is 7.57. The van der Waals surface area contributed by atoms with Crippen molar-refractivity contribution in [1.82, 2.24) is 11.7 Å². The van der Waals surface area contributed by atoms with Crippen LogP contribution in [0.4, 0.5) is 0 Å². The first kappa shape index (κ1) is 20.7. The molecule has 0 aliphatic heterocycles. The van der Waals surface area contributed by atoms with E-state index in [1.54, 1.807) is 0 Å². The first-order chi connectivity index (χ1) is 7.69. The van der Waals surface area contributed by atoms with Crippen LogP contribution in [0, 0.1) is 0 Å². The number of rotatable bonds is 9. The summed E-state index contributed by atoms with van der Waals surface area (Å²) >= 11 is -1.08. The molecule has 98 valence electrons. The fraction of sp³-hybridized carbons (Fsp3) is 1.00. The zero-order valence-corrected chi connectivity index (χ0v) is 16.3. The molecule has 0 atom stereocenters. The molecule has 0 rings (SSSR count). The minimum atomic E-state index is -1.08. The van der Waals surface area contributed by atoms with Gasteiger partial charge in [-0.2, -0.15) is 0 Å². The molecule has 0 saturated heterocycles. The summed E-state index contributed by atoms with van der Waals surface area (Å²) in [6, 6.07) is 0. The van der Waals surface area contributed by atoms with Gasteiger partial charge in [0.15, 0.2) is 0 Å². The van der Waals surface area contributed by atoms with E-state index in [1.165, 1.54) is 39.3 Å². The average molecular weight is 267 g/mol. The fourth-order valence-corrected chi connectivity index (χ4v) is 5.69. The molecule has 0 N–H and O–H groups in total. The molecule has 0 aromatic carbocycles. The molecule has 0 spiro atoms. The third-order valence-electron chi connectivity index (χ3n) is 3.42. The van der Waals surface area contributed by atoms with Crippen LogP contribution in [0.3, 0.4) is 0 Å². The van der Waals surface area contributed by atoms with Crippen molar-refractivity contribution in [1.29, 1.82) is 0 Å². The smallest absolute Gasteiger partial charge is 1.00 e. The van der Waals surface area contributed by atoms with Gasteiger partial charge in [-0.3, -0.25) is 0 Å². The number of hydrogen-bond acceptors (Lipinski definition) is 3. The summed E-state index contributed by atoms with van der Waals surface area (Å²) in [5.74, 6) is 0. The Morgan fingerprint density at radius 1 is 0.588 bits per heavy atom. The topological polar surface area (TPSA) is 9.72 Å². The van der Waals surface area contributed by atoms with E-state index in [4.69, 9.17) is 0 Å². The summed E-state index contributed by atoms with van der Waals surface area (Å²) in [4.78, 5) is 0. The zero-order valence-electron chi connectivity index (χ0n) is 14.2. The molecule has 0 aromatic rings. The molecule has 0 unspecified atom stereocenters. The van der Waals surface area contributed by atoms with Gasteiger partial charge in [0.2, 0.25) is 0 Å². The predicted molar refractivity (Wildman–Crippen MR) is 75.6 cm³/mol. The minimum absolute atomic E-state index is 0. The van der Waals surface area contributed by atoms with Crippen molar-refractivity contribution in [2.45, 2.75) is 41.5 Å². The average Bonchev–Trinajstić information content (AvgIpc) is 2.33. The molecule has 0 aromatic heterocycles. The quantitative estimate of drug-likeness (QED) is 0.502. The van der Waals surface area contributed by atoms with Gasteiger partial charge in [-0.15, -0.1) is 0 Å². The Bertz CT molecular complexity index is 137. The van der Waals surface area contributed by atoms with E-state index >= 15 is 0 Å². The van der Waals surface area contributed by atoms with Gasteiger partial charge >= 0.3 is 44.4 Å². The Balaban J connectivity index is -0.00000112. The third kappa shape index (κ3) is 6.40. The van der Waals surface area contributed by atoms with Gasteiger partial charge in [0.25, 0.3) is 0 Å². The second-order valence-corrected chi connectivity index (χ2v) is 6.89. The van der Waals surface area contributed by atoms with Gasteiger partial charge in [-0.1, -0.05) is 41.5 Å². The molecule has 0 heterocycles. The van der Waals surface area contributed by atoms with E-state index in [-0.39, 0.29) is 31.0 Å². The first-order valence-electron chi connectivity index (χ1n) is 6.91. The predicted octanol–water partition coefficient (Wildman–Crippen LogP) is -0.887. The largest absolute Gasteiger partial charge is 1.00 e. The van der Waals surface area contributed by atoms with Crippen molar-refractivity contribution in [3.8, 4) is 0 Å². The maximum atomic E-state index is 2.68. The van der Waals surface area contributed by atoms with E-state index in [0.29, 0.717) is 0 Å². The molecule has 5 heteroatoms. The van der Waals surface area contributed by atoms with Crippen molar-refractivity contribution >= 4 is 14.8 Å². The molecule has 0 bridgehead atoms. The molecule has 0 saturated carbocycles. The molecule has 17 heavy (non-hydrogen) atoms. The molecule has 0 fully saturated rings. The minimum Gasteiger partial charge on any atom is -1.00 e. The summed E-state index contributed by atoms with van der Waals surface area (Å²) in [5.41, 5.74) is 0. The van der Waals surface area contributed by atoms with Crippen LogP contribution in [0.25, 0.3) is 0 Å². The molecule has 3 nitrogen and oxygen atoms in total. The van der Waals surface area contributed by atoms with Gasteiger partial charge < -0.3 is 13.1 Å². The van der Waals surface area contributed by atoms with Crippen LogP contribution < -0.4 is 29.6 Å². The standard InChI is InChI=1S/3C4H10N.Al.Na.H/c3*1-3-5-4-2;;;/h3*3-4H2,1-2H3;;;/q3*-1;+3;+1;-1. The van der Waals surface area contributed by atoms with Gasteiger partial charge in [0.1, 0.15) is 0 Å². The van der Waals surface area contributed by atoms with Crippen molar-refractivity contribution in [2.75, 3.05) is 39.3 Å². The summed E-state index contributed by atoms with van der Waals surface area (Å²) < 4.78 is 8.04. The van der Waals surface area contributed by atoms with Gasteiger partial charge in [0.05, 0.1) is 0 Å². The van der Waals surface area contributed by atoms with Crippen LogP contribution in [-0.2, 0) is 0 Å². The van der Waals surface area contributed by atoms with Crippen molar-refractivity contribution in [3.63, 3.8) is 0 Å². The molecular weight excluding hydrogens is 236 g/mol. The summed E-state index contributed by atoms with van der Waals surface area (Å²) in [5, 5.41) is 0. The second kappa shape index (κ2) is 12.4. The monoisotopic (exact) mass is 267 g/mol. The summed E-state index contributed by atoms with van der Waals surface area (Å²) in [6.45, 7) is 20.8. The van der Waals surface area contributed by atoms with Crippen LogP contribution in [0.5, 0.6) is 0 Å². The molecular formula is C12H31AlN3Na. The Labute approximate surface area is 137 Å². The first-order valence-corrected chi connectivity index (χ1v) is 8.46. The van der Waals surface area contributed by atoms with Crippen molar-refractivity contribution in [2.24, 2.45) is 0 Å². The normalized spacial score (nSPS) is 11.1. The molecule has 0 amide bonds. The Kier molecular flexibility index (Phi) is 15.2. The van der Waals surface area contributed by atoms with Crippen LogP contribution >= 0.6 is 0 Å². The summed E-state index contributed by atoms with van der Waals surface area (Å²) in [6.07, 6.45) is 0. The maximum Gasteiger partial charge on any atom is 1.00 e. The number of nitrogens with zero attached hydrogens (tertiary/aromatic N) is 3. The number of hydrogen-bond donors (Lipinski definition) is 0. The molecule has 0 aliphatic carbocycles. The molecule has 0 radical (unpaired) electrons. The van der Waals surface area contributed by atoms with Crippen LogP contribution in [-0.4, -0.2) is 65.7 Å². The maximum absolute atomic E-state index is 2.68. The van der Waals surface area contributed by atoms with E-state index in [0.717, 1.165) is 0 Å². The fourth-order valence-electron chi connectivity index (χ4n) is 2.34. The Morgan fingerprint density at radius 2 is 0.765 bits per heavy atom. The van der Waals surface area contributed by atoms with Crippen LogP contribution in [0.15, 0.2) is 0 Å². The van der Waals surface area contributed by atoms with Crippen molar-refractivity contribution in [3.05, 3.63) is 0 Å². The SMILES string of the molecule is CC[N](CC)[Al]([N](CC)CC)[N](CC)CC.[H-].[Na+]. The molecule has 0 aliphatic rings.